The van der Waals surface area contributed by atoms with Crippen LogP contribution in [0.25, 0.3) is 0 Å². The molecule has 2 aromatic carbocycles. The van der Waals surface area contributed by atoms with Crippen LogP contribution in [0.4, 0.5) is 0 Å². The first kappa shape index (κ1) is 24.0. The number of piperazine rings is 1. The minimum Gasteiger partial charge on any atom is -0.497 e. The molecule has 0 aliphatic carbocycles. The molecule has 0 aromatic heterocycles. The quantitative estimate of drug-likeness (QED) is 0.744. The van der Waals surface area contributed by atoms with Gasteiger partial charge in [-0.2, -0.15) is 0 Å². The van der Waals surface area contributed by atoms with Crippen LogP contribution < -0.4 is 10.1 Å². The summed E-state index contributed by atoms with van der Waals surface area (Å²) in [4.78, 5) is 2.60. The van der Waals surface area contributed by atoms with Crippen LogP contribution in [0.15, 0.2) is 42.5 Å². The van der Waals surface area contributed by atoms with Crippen LogP contribution in [-0.4, -0.2) is 44.8 Å². The monoisotopic (exact) mass is 438 g/mol. The molecule has 2 unspecified atom stereocenters. The van der Waals surface area contributed by atoms with Crippen LogP contribution in [0.1, 0.15) is 40.8 Å². The highest BCUT2D eigenvalue weighted by atomic mass is 35.5. The summed E-state index contributed by atoms with van der Waals surface area (Å²) in [5, 5.41) is 3.47. The lowest BCUT2D eigenvalue weighted by molar-refractivity contribution is 0.0119. The smallest absolute Gasteiger partial charge is 0.118 e. The molecule has 0 radical (unpaired) electrons. The molecule has 2 aromatic rings. The molecule has 160 valence electrons. The van der Waals surface area contributed by atoms with Gasteiger partial charge in [0.15, 0.2) is 0 Å². The summed E-state index contributed by atoms with van der Waals surface area (Å²) in [5.41, 5.74) is 5.49. The minimum atomic E-state index is 0. The fraction of sp³-hybridized carbons (Fsp3) is 0.478. The number of ether oxygens (including phenoxy) is 2. The highest BCUT2D eigenvalue weighted by molar-refractivity contribution is 5.85. The van der Waals surface area contributed by atoms with Crippen molar-refractivity contribution < 1.29 is 9.47 Å². The molecular formula is C23H32Cl2N2O2. The van der Waals surface area contributed by atoms with Gasteiger partial charge in [-0.25, -0.2) is 0 Å². The molecule has 29 heavy (non-hydrogen) atoms. The summed E-state index contributed by atoms with van der Waals surface area (Å²) in [6, 6.07) is 15.8. The second kappa shape index (κ2) is 11.2. The van der Waals surface area contributed by atoms with Crippen LogP contribution >= 0.6 is 24.8 Å². The van der Waals surface area contributed by atoms with Crippen LogP contribution in [-0.2, 0) is 11.2 Å². The fourth-order valence-corrected chi connectivity index (χ4v) is 4.36. The van der Waals surface area contributed by atoms with Crippen molar-refractivity contribution >= 4 is 24.8 Å². The Hall–Kier alpha value is -1.30. The van der Waals surface area contributed by atoms with Gasteiger partial charge >= 0.3 is 0 Å². The van der Waals surface area contributed by atoms with Crippen LogP contribution in [0.3, 0.4) is 0 Å². The summed E-state index contributed by atoms with van der Waals surface area (Å²) in [7, 11) is 1.72. The van der Waals surface area contributed by atoms with Gasteiger partial charge in [0.05, 0.1) is 19.8 Å². The first-order chi connectivity index (χ1) is 13.2. The van der Waals surface area contributed by atoms with E-state index in [1.54, 1.807) is 7.11 Å². The molecule has 1 saturated heterocycles. The predicted molar refractivity (Wildman–Crippen MR) is 123 cm³/mol. The van der Waals surface area contributed by atoms with Gasteiger partial charge in [-0.3, -0.25) is 4.90 Å². The Morgan fingerprint density at radius 1 is 1.10 bits per heavy atom. The van der Waals surface area contributed by atoms with Crippen molar-refractivity contribution in [3.8, 4) is 5.75 Å². The lowest BCUT2D eigenvalue weighted by Crippen LogP contribution is -2.45. The van der Waals surface area contributed by atoms with E-state index in [1.807, 2.05) is 0 Å². The molecule has 6 heteroatoms. The van der Waals surface area contributed by atoms with Crippen molar-refractivity contribution in [3.63, 3.8) is 0 Å². The molecular weight excluding hydrogens is 407 g/mol. The van der Waals surface area contributed by atoms with Gasteiger partial charge in [0.25, 0.3) is 0 Å². The maximum Gasteiger partial charge on any atom is 0.118 e. The van der Waals surface area contributed by atoms with Crippen LogP contribution in [0.5, 0.6) is 5.75 Å². The van der Waals surface area contributed by atoms with Crippen molar-refractivity contribution in [2.45, 2.75) is 31.9 Å². The third kappa shape index (κ3) is 5.65. The minimum absolute atomic E-state index is 0. The molecule has 0 amide bonds. The number of nitrogens with zero attached hydrogens (tertiary/aromatic N) is 1. The largest absolute Gasteiger partial charge is 0.497 e. The van der Waals surface area contributed by atoms with Gasteiger partial charge < -0.3 is 14.8 Å². The lowest BCUT2D eigenvalue weighted by atomic mass is 9.89. The Kier molecular flexibility index (Phi) is 9.25. The topological polar surface area (TPSA) is 33.7 Å². The van der Waals surface area contributed by atoms with Gasteiger partial charge in [-0.15, -0.1) is 24.8 Å². The number of fused-ring (bicyclic) bond motifs is 1. The molecule has 2 atom stereocenters. The fourth-order valence-electron chi connectivity index (χ4n) is 4.36. The van der Waals surface area contributed by atoms with E-state index in [1.165, 1.54) is 22.3 Å². The van der Waals surface area contributed by atoms with E-state index in [4.69, 9.17) is 9.47 Å². The zero-order chi connectivity index (χ0) is 18.6. The number of nitrogens with one attached hydrogen (secondary N) is 1. The molecule has 4 rings (SSSR count). The molecule has 0 spiro atoms. The van der Waals surface area contributed by atoms with Gasteiger partial charge in [0.1, 0.15) is 5.75 Å². The number of rotatable bonds is 5. The van der Waals surface area contributed by atoms with Crippen molar-refractivity contribution in [1.29, 1.82) is 0 Å². The second-order valence-corrected chi connectivity index (χ2v) is 7.62. The third-order valence-electron chi connectivity index (χ3n) is 5.87. The van der Waals surface area contributed by atoms with Gasteiger partial charge in [-0.1, -0.05) is 35.9 Å². The van der Waals surface area contributed by atoms with Gasteiger partial charge in [-0.05, 0) is 48.6 Å². The number of halogens is 2. The van der Waals surface area contributed by atoms with E-state index in [2.05, 4.69) is 59.6 Å². The zero-order valence-electron chi connectivity index (χ0n) is 17.2. The Bertz CT molecular complexity index is 764. The molecule has 2 aliphatic rings. The first-order valence-electron chi connectivity index (χ1n) is 10.0. The Balaban J connectivity index is 0.00000150. The highest BCUT2D eigenvalue weighted by Crippen LogP contribution is 2.38. The van der Waals surface area contributed by atoms with E-state index in [9.17, 15) is 0 Å². The summed E-state index contributed by atoms with van der Waals surface area (Å²) in [5.74, 6) is 0.910. The van der Waals surface area contributed by atoms with Crippen molar-refractivity contribution in [1.82, 2.24) is 10.2 Å². The summed E-state index contributed by atoms with van der Waals surface area (Å²) in [6.45, 7) is 7.23. The summed E-state index contributed by atoms with van der Waals surface area (Å²) < 4.78 is 11.6. The second-order valence-electron chi connectivity index (χ2n) is 7.62. The lowest BCUT2D eigenvalue weighted by Gasteiger charge is -2.38. The van der Waals surface area contributed by atoms with E-state index in [0.29, 0.717) is 6.04 Å². The van der Waals surface area contributed by atoms with Crippen LogP contribution in [0, 0.1) is 6.92 Å². The maximum absolute atomic E-state index is 6.28. The first-order valence-corrected chi connectivity index (χ1v) is 10.0. The number of aryl methyl sites for hydroxylation is 1. The molecule has 4 nitrogen and oxygen atoms in total. The molecule has 1 fully saturated rings. The number of benzene rings is 2. The van der Waals surface area contributed by atoms with Crippen molar-refractivity contribution in [2.75, 3.05) is 39.9 Å². The third-order valence-corrected chi connectivity index (χ3v) is 5.87. The summed E-state index contributed by atoms with van der Waals surface area (Å²) in [6.07, 6.45) is 2.17. The molecule has 0 saturated carbocycles. The average Bonchev–Trinajstić information content (AvgIpc) is 2.73. The van der Waals surface area contributed by atoms with E-state index in [-0.39, 0.29) is 30.9 Å². The molecule has 2 aliphatic heterocycles. The standard InChI is InChI=1S/C23H30N2O2.2ClH/c1-17-3-4-18-9-14-27-23(21(18)15-17)16-22(25-12-10-24-11-13-25)19-5-7-20(26-2)8-6-19;;/h3-8,15,22-24H,9-14,16H2,1-2H3;2*1H. The van der Waals surface area contributed by atoms with E-state index >= 15 is 0 Å². The Morgan fingerprint density at radius 2 is 1.83 bits per heavy atom. The zero-order valence-corrected chi connectivity index (χ0v) is 18.9. The number of methoxy groups -OCH3 is 1. The SMILES string of the molecule is COc1ccc(C(CC2OCCc3ccc(C)cc32)N2CCNCC2)cc1.Cl.Cl. The molecule has 0 bridgehead atoms. The van der Waals surface area contributed by atoms with Crippen LogP contribution in [0.2, 0.25) is 0 Å². The highest BCUT2D eigenvalue weighted by Gasteiger charge is 2.29. The molecule has 2 heterocycles. The van der Waals surface area contributed by atoms with Gasteiger partial charge in [0.2, 0.25) is 0 Å². The number of hydrogen-bond donors (Lipinski definition) is 1. The van der Waals surface area contributed by atoms with Gasteiger partial charge in [0, 0.05) is 32.2 Å². The maximum atomic E-state index is 6.28. The normalized spacial score (nSPS) is 20.0. The van der Waals surface area contributed by atoms with Crippen molar-refractivity contribution in [3.05, 3.63) is 64.7 Å². The van der Waals surface area contributed by atoms with E-state index in [0.717, 1.165) is 51.4 Å². The predicted octanol–water partition coefficient (Wildman–Crippen LogP) is 4.50. The average molecular weight is 439 g/mol. The molecule has 1 N–H and O–H groups in total. The van der Waals surface area contributed by atoms with E-state index < -0.39 is 0 Å². The summed E-state index contributed by atoms with van der Waals surface area (Å²) >= 11 is 0. The van der Waals surface area contributed by atoms with Crippen molar-refractivity contribution in [2.24, 2.45) is 0 Å². The Morgan fingerprint density at radius 3 is 2.52 bits per heavy atom. The number of hydrogen-bond acceptors (Lipinski definition) is 4. The Labute approximate surface area is 186 Å².